The van der Waals surface area contributed by atoms with Gasteiger partial charge in [0.2, 0.25) is 0 Å². The highest BCUT2D eigenvalue weighted by Crippen LogP contribution is 2.20. The van der Waals surface area contributed by atoms with Gasteiger partial charge in [0, 0.05) is 24.1 Å². The van der Waals surface area contributed by atoms with Crippen LogP contribution in [0.5, 0.6) is 0 Å². The number of carbonyl (C=O) groups excluding carboxylic acids is 2. The number of hydrogen-bond acceptors (Lipinski definition) is 5. The second kappa shape index (κ2) is 12.5. The number of thiol groups is 1. The standard InChI is InChI=1S/C13H15NO2S.C9H8F2O/c1-9(8-12(17)13(15)16-2)7-10-3-5-11(14)6-4-10;10-8-3-1-2-4-9(11)7(5-8)6-12/h3-8,17H,14H2,1-2H3;1-3,6H,4-5H2/b9-7+,12-8-;2-1?,8-3+,9-7-. The summed E-state index contributed by atoms with van der Waals surface area (Å²) in [6.07, 6.45) is 7.92. The maximum atomic E-state index is 12.9. The van der Waals surface area contributed by atoms with Crippen molar-refractivity contribution in [2.45, 2.75) is 19.8 Å². The fraction of sp³-hybridized carbons (Fsp3) is 0.182. The maximum Gasteiger partial charge on any atom is 0.344 e. The molecule has 154 valence electrons. The number of nitrogen functional groups attached to an aromatic ring is 1. The van der Waals surface area contributed by atoms with Gasteiger partial charge >= 0.3 is 5.97 Å². The number of anilines is 1. The molecule has 0 fully saturated rings. The number of carbonyl (C=O) groups is 2. The number of halogens is 2. The zero-order valence-corrected chi connectivity index (χ0v) is 17.1. The van der Waals surface area contributed by atoms with Gasteiger partial charge in [-0.15, -0.1) is 12.6 Å². The molecular formula is C22H23F2NO3S. The highest BCUT2D eigenvalue weighted by molar-refractivity contribution is 7.85. The summed E-state index contributed by atoms with van der Waals surface area (Å²) >= 11 is 4.05. The maximum absolute atomic E-state index is 12.9. The van der Waals surface area contributed by atoms with E-state index >= 15 is 0 Å². The molecule has 1 aromatic rings. The summed E-state index contributed by atoms with van der Waals surface area (Å²) in [5.74, 6) is -1.49. The van der Waals surface area contributed by atoms with Crippen LogP contribution in [0, 0.1) is 0 Å². The number of ether oxygens (including phenoxy) is 1. The lowest BCUT2D eigenvalue weighted by Crippen LogP contribution is -1.99. The van der Waals surface area contributed by atoms with Gasteiger partial charge in [-0.2, -0.15) is 0 Å². The SMILES string of the molecule is COC(=O)/C(S)=C/C(C)=C/c1ccc(N)cc1.O=C/C1=C(\F)CC=C/C=C(/F)C1. The number of benzene rings is 1. The zero-order chi connectivity index (χ0) is 21.8. The van der Waals surface area contributed by atoms with Crippen LogP contribution < -0.4 is 5.73 Å². The molecule has 7 heteroatoms. The molecule has 2 rings (SSSR count). The van der Waals surface area contributed by atoms with E-state index in [-0.39, 0.29) is 23.3 Å². The first-order valence-electron chi connectivity index (χ1n) is 8.63. The summed E-state index contributed by atoms with van der Waals surface area (Å²) < 4.78 is 30.1. The lowest BCUT2D eigenvalue weighted by molar-refractivity contribution is -0.135. The quantitative estimate of drug-likeness (QED) is 0.174. The van der Waals surface area contributed by atoms with Gasteiger partial charge in [0.15, 0.2) is 0 Å². The van der Waals surface area contributed by atoms with E-state index in [0.29, 0.717) is 6.29 Å². The van der Waals surface area contributed by atoms with Gasteiger partial charge in [-0.25, -0.2) is 13.6 Å². The van der Waals surface area contributed by atoms with Gasteiger partial charge in [-0.05, 0) is 42.3 Å². The number of esters is 1. The molecule has 0 unspecified atom stereocenters. The molecule has 29 heavy (non-hydrogen) atoms. The Morgan fingerprint density at radius 1 is 1.24 bits per heavy atom. The van der Waals surface area contributed by atoms with Crippen molar-refractivity contribution in [2.24, 2.45) is 0 Å². The molecule has 0 saturated carbocycles. The normalized spacial score (nSPS) is 19.1. The van der Waals surface area contributed by atoms with Crippen molar-refractivity contribution in [1.82, 2.24) is 0 Å². The van der Waals surface area contributed by atoms with Gasteiger partial charge in [0.1, 0.15) is 17.9 Å². The molecule has 0 bridgehead atoms. The lowest BCUT2D eigenvalue weighted by atomic mass is 10.1. The Kier molecular flexibility index (Phi) is 10.4. The summed E-state index contributed by atoms with van der Waals surface area (Å²) in [6, 6.07) is 7.46. The Balaban J connectivity index is 0.000000308. The van der Waals surface area contributed by atoms with Crippen LogP contribution in [-0.2, 0) is 14.3 Å². The van der Waals surface area contributed by atoms with Crippen LogP contribution >= 0.6 is 12.6 Å². The summed E-state index contributed by atoms with van der Waals surface area (Å²) in [4.78, 5) is 21.7. The Morgan fingerprint density at radius 3 is 2.48 bits per heavy atom. The van der Waals surface area contributed by atoms with Crippen molar-refractivity contribution in [3.8, 4) is 0 Å². The average Bonchev–Trinajstić information content (AvgIpc) is 2.69. The highest BCUT2D eigenvalue weighted by atomic mass is 32.1. The van der Waals surface area contributed by atoms with Gasteiger partial charge in [-0.1, -0.05) is 30.4 Å². The third kappa shape index (κ3) is 9.21. The van der Waals surface area contributed by atoms with Crippen LogP contribution in [0.1, 0.15) is 25.3 Å². The number of methoxy groups -OCH3 is 1. The minimum Gasteiger partial charge on any atom is -0.465 e. The molecule has 4 nitrogen and oxygen atoms in total. The number of hydrogen-bond donors (Lipinski definition) is 2. The van der Waals surface area contributed by atoms with E-state index in [4.69, 9.17) is 5.73 Å². The Hall–Kier alpha value is -2.93. The monoisotopic (exact) mass is 419 g/mol. The minimum atomic E-state index is -0.551. The topological polar surface area (TPSA) is 69.4 Å². The first-order chi connectivity index (χ1) is 13.8. The Morgan fingerprint density at radius 2 is 1.90 bits per heavy atom. The van der Waals surface area contributed by atoms with Crippen LogP contribution in [-0.4, -0.2) is 19.4 Å². The summed E-state index contributed by atoms with van der Waals surface area (Å²) in [6.45, 7) is 1.88. The number of aldehydes is 1. The average molecular weight is 419 g/mol. The van der Waals surface area contributed by atoms with Crippen molar-refractivity contribution < 1.29 is 23.1 Å². The molecule has 1 aliphatic carbocycles. The van der Waals surface area contributed by atoms with Crippen LogP contribution in [0.4, 0.5) is 14.5 Å². The van der Waals surface area contributed by atoms with E-state index < -0.39 is 17.6 Å². The molecule has 0 amide bonds. The molecule has 0 saturated heterocycles. The van der Waals surface area contributed by atoms with Crippen LogP contribution in [0.3, 0.4) is 0 Å². The fourth-order valence-corrected chi connectivity index (χ4v) is 2.49. The molecule has 0 radical (unpaired) electrons. The minimum absolute atomic E-state index is 0.0673. The van der Waals surface area contributed by atoms with Crippen LogP contribution in [0.25, 0.3) is 6.08 Å². The van der Waals surface area contributed by atoms with Crippen molar-refractivity contribution in [2.75, 3.05) is 12.8 Å². The smallest absolute Gasteiger partial charge is 0.344 e. The first-order valence-corrected chi connectivity index (χ1v) is 9.08. The predicted octanol–water partition coefficient (Wildman–Crippen LogP) is 5.27. The van der Waals surface area contributed by atoms with Gasteiger partial charge < -0.3 is 10.5 Å². The lowest BCUT2D eigenvalue weighted by Gasteiger charge is -2.01. The van der Waals surface area contributed by atoms with Gasteiger partial charge in [0.05, 0.1) is 12.0 Å². The molecule has 1 aromatic carbocycles. The number of nitrogens with two attached hydrogens (primary N) is 1. The van der Waals surface area contributed by atoms with E-state index in [1.54, 1.807) is 6.08 Å². The molecule has 0 aliphatic heterocycles. The highest BCUT2D eigenvalue weighted by Gasteiger charge is 2.08. The second-order valence-corrected chi connectivity index (χ2v) is 6.53. The first kappa shape index (κ1) is 24.1. The summed E-state index contributed by atoms with van der Waals surface area (Å²) in [5.41, 5.74) is 8.13. The Bertz CT molecular complexity index is 882. The molecule has 0 heterocycles. The van der Waals surface area contributed by atoms with Gasteiger partial charge in [-0.3, -0.25) is 4.79 Å². The van der Waals surface area contributed by atoms with Crippen molar-refractivity contribution in [1.29, 1.82) is 0 Å². The number of allylic oxidation sites excluding steroid dienone is 8. The second-order valence-electron chi connectivity index (χ2n) is 6.05. The van der Waals surface area contributed by atoms with Crippen molar-refractivity contribution >= 4 is 36.6 Å². The molecule has 0 spiro atoms. The van der Waals surface area contributed by atoms with E-state index in [2.05, 4.69) is 17.4 Å². The van der Waals surface area contributed by atoms with Crippen LogP contribution in [0.15, 0.2) is 76.3 Å². The molecule has 2 N–H and O–H groups in total. The van der Waals surface area contributed by atoms with E-state index in [1.807, 2.05) is 37.3 Å². The van der Waals surface area contributed by atoms with E-state index in [1.165, 1.54) is 25.3 Å². The van der Waals surface area contributed by atoms with Crippen molar-refractivity contribution in [3.63, 3.8) is 0 Å². The largest absolute Gasteiger partial charge is 0.465 e. The number of rotatable bonds is 4. The third-order valence-electron chi connectivity index (χ3n) is 3.65. The molecule has 1 aliphatic rings. The van der Waals surface area contributed by atoms with E-state index in [9.17, 15) is 18.4 Å². The summed E-state index contributed by atoms with van der Waals surface area (Å²) in [7, 11) is 1.32. The zero-order valence-electron chi connectivity index (χ0n) is 16.2. The van der Waals surface area contributed by atoms with Gasteiger partial charge in [0.25, 0.3) is 0 Å². The molecule has 0 atom stereocenters. The third-order valence-corrected chi connectivity index (χ3v) is 3.96. The van der Waals surface area contributed by atoms with Crippen molar-refractivity contribution in [3.05, 3.63) is 81.8 Å². The fourth-order valence-electron chi connectivity index (χ4n) is 2.19. The Labute approximate surface area is 174 Å². The molecular weight excluding hydrogens is 396 g/mol. The molecule has 0 aromatic heterocycles. The predicted molar refractivity (Wildman–Crippen MR) is 115 cm³/mol. The van der Waals surface area contributed by atoms with Crippen LogP contribution in [0.2, 0.25) is 0 Å². The van der Waals surface area contributed by atoms with E-state index in [0.717, 1.165) is 16.8 Å². The summed E-state index contributed by atoms with van der Waals surface area (Å²) in [5, 5.41) is 0.